The van der Waals surface area contributed by atoms with Gasteiger partial charge >= 0.3 is 5.97 Å². The smallest absolute Gasteiger partial charge is 0.339 e. The monoisotopic (exact) mass is 392 g/mol. The molecule has 0 aliphatic heterocycles. The average molecular weight is 392 g/mol. The van der Waals surface area contributed by atoms with Crippen LogP contribution in [-0.4, -0.2) is 48.3 Å². The number of carbonyl (C=O) groups is 1. The molecular weight excluding hydrogens is 376 g/mol. The standard InChI is InChI=1S/C19H16N6O4/c1-29-10-11-3-2-4-13(7-11)25-17-15(23-24-25)9-20-19(22-17)21-12-5-6-16(26)14(8-12)18(27)28/h2-9,26H,10H2,1H3,(H,27,28)(H,20,21,22). The van der Waals surface area contributed by atoms with Crippen LogP contribution in [0.25, 0.3) is 16.9 Å². The highest BCUT2D eigenvalue weighted by molar-refractivity contribution is 5.92. The third kappa shape index (κ3) is 3.69. The second kappa shape index (κ2) is 7.52. The number of carboxylic acids is 1. The number of aromatic hydroxyl groups is 1. The Kier molecular flexibility index (Phi) is 4.75. The van der Waals surface area contributed by atoms with Crippen molar-refractivity contribution in [1.82, 2.24) is 25.0 Å². The van der Waals surface area contributed by atoms with Gasteiger partial charge in [-0.05, 0) is 35.9 Å². The van der Waals surface area contributed by atoms with Gasteiger partial charge in [0.05, 0.1) is 18.5 Å². The number of hydrogen-bond donors (Lipinski definition) is 3. The van der Waals surface area contributed by atoms with E-state index < -0.39 is 5.97 Å². The molecule has 2 heterocycles. The fraction of sp³-hybridized carbons (Fsp3) is 0.105. The first-order valence-electron chi connectivity index (χ1n) is 8.55. The van der Waals surface area contributed by atoms with Crippen LogP contribution in [0, 0.1) is 0 Å². The second-order valence-corrected chi connectivity index (χ2v) is 6.17. The van der Waals surface area contributed by atoms with Crippen molar-refractivity contribution in [2.45, 2.75) is 6.61 Å². The van der Waals surface area contributed by atoms with Crippen molar-refractivity contribution in [3.63, 3.8) is 0 Å². The van der Waals surface area contributed by atoms with Crippen LogP contribution in [0.1, 0.15) is 15.9 Å². The zero-order chi connectivity index (χ0) is 20.4. The van der Waals surface area contributed by atoms with Crippen molar-refractivity contribution >= 4 is 28.8 Å². The number of rotatable bonds is 6. The van der Waals surface area contributed by atoms with Gasteiger partial charge in [0.25, 0.3) is 0 Å². The molecule has 10 nitrogen and oxygen atoms in total. The molecule has 0 aliphatic rings. The van der Waals surface area contributed by atoms with Crippen LogP contribution in [-0.2, 0) is 11.3 Å². The molecule has 0 unspecified atom stereocenters. The number of nitrogens with zero attached hydrogens (tertiary/aromatic N) is 5. The third-order valence-electron chi connectivity index (χ3n) is 4.14. The Hall–Kier alpha value is -4.05. The summed E-state index contributed by atoms with van der Waals surface area (Å²) in [6.07, 6.45) is 1.52. The molecule has 0 bridgehead atoms. The number of aromatic carboxylic acids is 1. The van der Waals surface area contributed by atoms with Gasteiger partial charge in [-0.25, -0.2) is 9.78 Å². The quantitative estimate of drug-likeness (QED) is 0.423. The number of hydrogen-bond acceptors (Lipinski definition) is 8. The molecule has 0 saturated heterocycles. The zero-order valence-corrected chi connectivity index (χ0v) is 15.3. The van der Waals surface area contributed by atoms with E-state index in [1.807, 2.05) is 24.3 Å². The van der Waals surface area contributed by atoms with Crippen LogP contribution in [0.5, 0.6) is 5.75 Å². The Morgan fingerprint density at radius 3 is 2.90 bits per heavy atom. The summed E-state index contributed by atoms with van der Waals surface area (Å²) < 4.78 is 6.75. The summed E-state index contributed by atoms with van der Waals surface area (Å²) in [5, 5.41) is 30.0. The fourth-order valence-corrected chi connectivity index (χ4v) is 2.82. The van der Waals surface area contributed by atoms with Gasteiger partial charge in [-0.1, -0.05) is 17.3 Å². The Bertz CT molecular complexity index is 1210. The van der Waals surface area contributed by atoms with Crippen LogP contribution in [0.15, 0.2) is 48.7 Å². The largest absolute Gasteiger partial charge is 0.507 e. The Morgan fingerprint density at radius 1 is 1.24 bits per heavy atom. The van der Waals surface area contributed by atoms with E-state index in [0.717, 1.165) is 11.3 Å². The minimum Gasteiger partial charge on any atom is -0.507 e. The van der Waals surface area contributed by atoms with Gasteiger partial charge in [0, 0.05) is 12.8 Å². The lowest BCUT2D eigenvalue weighted by molar-refractivity contribution is 0.0694. The molecule has 4 aromatic rings. The average Bonchev–Trinajstić information content (AvgIpc) is 3.13. The molecule has 0 amide bonds. The van der Waals surface area contributed by atoms with Crippen LogP contribution in [0.2, 0.25) is 0 Å². The second-order valence-electron chi connectivity index (χ2n) is 6.17. The maximum atomic E-state index is 11.2. The SMILES string of the molecule is COCc1cccc(-n2nnc3cnc(Nc4ccc(O)c(C(=O)O)c4)nc32)c1. The third-order valence-corrected chi connectivity index (χ3v) is 4.14. The maximum Gasteiger partial charge on any atom is 0.339 e. The molecule has 0 spiro atoms. The summed E-state index contributed by atoms with van der Waals surface area (Å²) in [6, 6.07) is 11.7. The van der Waals surface area contributed by atoms with Gasteiger partial charge in [-0.2, -0.15) is 9.67 Å². The van der Waals surface area contributed by atoms with Gasteiger partial charge in [0.1, 0.15) is 11.3 Å². The molecule has 0 atom stereocenters. The van der Waals surface area contributed by atoms with Crippen molar-refractivity contribution < 1.29 is 19.7 Å². The Morgan fingerprint density at radius 2 is 2.10 bits per heavy atom. The van der Waals surface area contributed by atoms with Gasteiger partial charge in [-0.3, -0.25) is 0 Å². The van der Waals surface area contributed by atoms with Crippen LogP contribution < -0.4 is 5.32 Å². The summed E-state index contributed by atoms with van der Waals surface area (Å²) in [5.41, 5.74) is 2.92. The van der Waals surface area contributed by atoms with E-state index in [2.05, 4.69) is 25.6 Å². The number of ether oxygens (including phenoxy) is 1. The number of methoxy groups -OCH3 is 1. The molecule has 29 heavy (non-hydrogen) atoms. The minimum atomic E-state index is -1.24. The molecule has 0 aliphatic carbocycles. The number of anilines is 2. The highest BCUT2D eigenvalue weighted by Gasteiger charge is 2.13. The summed E-state index contributed by atoms with van der Waals surface area (Å²) >= 11 is 0. The maximum absolute atomic E-state index is 11.2. The van der Waals surface area contributed by atoms with Crippen molar-refractivity contribution in [2.75, 3.05) is 12.4 Å². The lowest BCUT2D eigenvalue weighted by atomic mass is 10.2. The molecule has 4 rings (SSSR count). The number of fused-ring (bicyclic) bond motifs is 1. The number of aromatic nitrogens is 5. The minimum absolute atomic E-state index is 0.224. The number of benzene rings is 2. The van der Waals surface area contributed by atoms with E-state index in [1.54, 1.807) is 11.8 Å². The predicted octanol–water partition coefficient (Wildman–Crippen LogP) is 2.50. The van der Waals surface area contributed by atoms with E-state index in [-0.39, 0.29) is 17.3 Å². The van der Waals surface area contributed by atoms with E-state index in [9.17, 15) is 9.90 Å². The van der Waals surface area contributed by atoms with Crippen molar-refractivity contribution in [1.29, 1.82) is 0 Å². The molecular formula is C19H16N6O4. The molecule has 0 fully saturated rings. The topological polar surface area (TPSA) is 135 Å². The summed E-state index contributed by atoms with van der Waals surface area (Å²) in [6.45, 7) is 0.467. The van der Waals surface area contributed by atoms with E-state index in [4.69, 9.17) is 9.84 Å². The van der Waals surface area contributed by atoms with Gasteiger partial charge in [-0.15, -0.1) is 5.10 Å². The van der Waals surface area contributed by atoms with Crippen LogP contribution >= 0.6 is 0 Å². The Labute approximate surface area is 164 Å². The highest BCUT2D eigenvalue weighted by Crippen LogP contribution is 2.24. The van der Waals surface area contributed by atoms with Gasteiger partial charge in [0.2, 0.25) is 5.95 Å². The summed E-state index contributed by atoms with van der Waals surface area (Å²) in [5.74, 6) is -1.32. The molecule has 2 aromatic heterocycles. The molecule has 0 saturated carbocycles. The van der Waals surface area contributed by atoms with Gasteiger partial charge < -0.3 is 20.3 Å². The van der Waals surface area contributed by atoms with Crippen molar-refractivity contribution in [3.8, 4) is 11.4 Å². The Balaban J connectivity index is 1.70. The predicted molar refractivity (Wildman–Crippen MR) is 104 cm³/mol. The van der Waals surface area contributed by atoms with Crippen molar-refractivity contribution in [3.05, 3.63) is 59.8 Å². The molecule has 146 valence electrons. The fourth-order valence-electron chi connectivity index (χ4n) is 2.82. The first-order valence-corrected chi connectivity index (χ1v) is 8.55. The van der Waals surface area contributed by atoms with Crippen molar-refractivity contribution in [2.24, 2.45) is 0 Å². The molecule has 10 heteroatoms. The summed E-state index contributed by atoms with van der Waals surface area (Å²) in [4.78, 5) is 19.8. The van der Waals surface area contributed by atoms with E-state index in [1.165, 1.54) is 24.4 Å². The molecule has 0 radical (unpaired) electrons. The molecule has 3 N–H and O–H groups in total. The lowest BCUT2D eigenvalue weighted by Crippen LogP contribution is -2.03. The molecule has 2 aromatic carbocycles. The van der Waals surface area contributed by atoms with Gasteiger partial charge in [0.15, 0.2) is 11.2 Å². The number of nitrogens with one attached hydrogen (secondary N) is 1. The first-order chi connectivity index (χ1) is 14.0. The van der Waals surface area contributed by atoms with E-state index >= 15 is 0 Å². The summed E-state index contributed by atoms with van der Waals surface area (Å²) in [7, 11) is 1.63. The lowest BCUT2D eigenvalue weighted by Gasteiger charge is -2.08. The first kappa shape index (κ1) is 18.3. The van der Waals surface area contributed by atoms with Crippen LogP contribution in [0.3, 0.4) is 0 Å². The van der Waals surface area contributed by atoms with Crippen LogP contribution in [0.4, 0.5) is 11.6 Å². The van der Waals surface area contributed by atoms with E-state index in [0.29, 0.717) is 23.5 Å². The zero-order valence-electron chi connectivity index (χ0n) is 15.3. The number of carboxylic acid groups (broad SMARTS) is 1. The number of phenols is 1. The normalized spacial score (nSPS) is 10.9. The highest BCUT2D eigenvalue weighted by atomic mass is 16.5.